The summed E-state index contributed by atoms with van der Waals surface area (Å²) in [7, 11) is 0. The van der Waals surface area contributed by atoms with E-state index in [-0.39, 0.29) is 23.3 Å². The molecule has 0 amide bonds. The highest BCUT2D eigenvalue weighted by Gasteiger charge is 2.23. The van der Waals surface area contributed by atoms with Gasteiger partial charge in [-0.05, 0) is 17.7 Å². The quantitative estimate of drug-likeness (QED) is 0.442. The van der Waals surface area contributed by atoms with Crippen molar-refractivity contribution in [2.24, 2.45) is 0 Å². The first-order chi connectivity index (χ1) is 12.1. The number of rotatable bonds is 7. The molecule has 0 spiro atoms. The third-order valence-electron chi connectivity index (χ3n) is 3.40. The number of hydrogen-bond acceptors (Lipinski definition) is 8. The van der Waals surface area contributed by atoms with Gasteiger partial charge in [-0.3, -0.25) is 10.1 Å². The average Bonchev–Trinajstić information content (AvgIpc) is 3.12. The summed E-state index contributed by atoms with van der Waals surface area (Å²) in [6.45, 7) is 0.706. The summed E-state index contributed by atoms with van der Waals surface area (Å²) in [5, 5.41) is 17.2. The van der Waals surface area contributed by atoms with Crippen LogP contribution in [0.2, 0.25) is 0 Å². The fraction of sp³-hybridized carbons (Fsp3) is 0.125. The minimum atomic E-state index is -0.598. The molecule has 0 radical (unpaired) electrons. The summed E-state index contributed by atoms with van der Waals surface area (Å²) < 4.78 is 5.21. The van der Waals surface area contributed by atoms with E-state index in [1.165, 1.54) is 0 Å². The van der Waals surface area contributed by atoms with Gasteiger partial charge < -0.3 is 20.8 Å². The van der Waals surface area contributed by atoms with E-state index in [2.05, 4.69) is 20.6 Å². The van der Waals surface area contributed by atoms with Gasteiger partial charge in [0.2, 0.25) is 17.6 Å². The molecule has 0 atom stereocenters. The molecule has 2 heterocycles. The van der Waals surface area contributed by atoms with Gasteiger partial charge in [-0.25, -0.2) is 0 Å². The molecule has 0 unspecified atom stereocenters. The Morgan fingerprint density at radius 2 is 1.88 bits per heavy atom. The number of nitrogens with zero attached hydrogens (tertiary/aromatic N) is 3. The number of hydrogen-bond donors (Lipinski definition) is 3. The Morgan fingerprint density at radius 1 is 1.08 bits per heavy atom. The molecular weight excluding hydrogens is 324 g/mol. The van der Waals surface area contributed by atoms with Crippen LogP contribution in [-0.4, -0.2) is 14.9 Å². The second-order valence-electron chi connectivity index (χ2n) is 5.16. The molecular formula is C16H16N6O3. The maximum absolute atomic E-state index is 11.3. The Bertz CT molecular complexity index is 852. The topological polar surface area (TPSA) is 132 Å². The monoisotopic (exact) mass is 340 g/mol. The van der Waals surface area contributed by atoms with Crippen LogP contribution in [0.1, 0.15) is 11.3 Å². The highest BCUT2D eigenvalue weighted by Crippen LogP contribution is 2.29. The lowest BCUT2D eigenvalue weighted by Crippen LogP contribution is -2.12. The Balaban J connectivity index is 1.81. The standard InChI is InChI=1S/C16H16N6O3/c17-14-13(22(23)24)15(18-9-11-5-2-1-3-6-11)21-16(20-14)19-10-12-7-4-8-25-12/h1-8H,9-10H2,(H4,17,18,19,20,21). The van der Waals surface area contributed by atoms with Gasteiger partial charge >= 0.3 is 5.69 Å². The van der Waals surface area contributed by atoms with E-state index < -0.39 is 4.92 Å². The van der Waals surface area contributed by atoms with E-state index in [0.717, 1.165) is 5.56 Å². The maximum Gasteiger partial charge on any atom is 0.353 e. The largest absolute Gasteiger partial charge is 0.467 e. The smallest absolute Gasteiger partial charge is 0.353 e. The lowest BCUT2D eigenvalue weighted by atomic mass is 10.2. The number of nitro groups is 1. The first kappa shape index (κ1) is 16.2. The van der Waals surface area contributed by atoms with Crippen LogP contribution in [0.5, 0.6) is 0 Å². The van der Waals surface area contributed by atoms with Crippen LogP contribution in [0.15, 0.2) is 53.1 Å². The molecule has 0 saturated heterocycles. The Kier molecular flexibility index (Phi) is 4.74. The van der Waals surface area contributed by atoms with Crippen molar-refractivity contribution in [1.29, 1.82) is 0 Å². The normalized spacial score (nSPS) is 10.4. The van der Waals surface area contributed by atoms with E-state index in [4.69, 9.17) is 10.2 Å². The molecule has 9 nitrogen and oxygen atoms in total. The number of anilines is 3. The van der Waals surface area contributed by atoms with Crippen molar-refractivity contribution in [3.8, 4) is 0 Å². The zero-order valence-corrected chi connectivity index (χ0v) is 13.2. The average molecular weight is 340 g/mol. The fourth-order valence-electron chi connectivity index (χ4n) is 2.22. The third-order valence-corrected chi connectivity index (χ3v) is 3.40. The maximum atomic E-state index is 11.3. The lowest BCUT2D eigenvalue weighted by molar-refractivity contribution is -0.383. The number of furan rings is 1. The first-order valence-corrected chi connectivity index (χ1v) is 7.49. The van der Waals surface area contributed by atoms with E-state index >= 15 is 0 Å². The molecule has 0 aliphatic carbocycles. The van der Waals surface area contributed by atoms with Gasteiger partial charge in [-0.15, -0.1) is 0 Å². The Hall–Kier alpha value is -3.62. The van der Waals surface area contributed by atoms with E-state index in [9.17, 15) is 10.1 Å². The molecule has 0 saturated carbocycles. The summed E-state index contributed by atoms with van der Waals surface area (Å²) in [5.74, 6) is 0.704. The van der Waals surface area contributed by atoms with Crippen LogP contribution < -0.4 is 16.4 Å². The van der Waals surface area contributed by atoms with Crippen LogP contribution >= 0.6 is 0 Å². The molecule has 3 aromatic rings. The van der Waals surface area contributed by atoms with Gasteiger partial charge in [0.25, 0.3) is 0 Å². The van der Waals surface area contributed by atoms with E-state index in [1.807, 2.05) is 30.3 Å². The molecule has 9 heteroatoms. The molecule has 3 rings (SSSR count). The van der Waals surface area contributed by atoms with Crippen molar-refractivity contribution in [3.05, 3.63) is 70.2 Å². The predicted molar refractivity (Wildman–Crippen MR) is 92.9 cm³/mol. The highest BCUT2D eigenvalue weighted by atomic mass is 16.6. The van der Waals surface area contributed by atoms with Crippen LogP contribution in [0.4, 0.5) is 23.3 Å². The second-order valence-corrected chi connectivity index (χ2v) is 5.16. The predicted octanol–water partition coefficient (Wildman–Crippen LogP) is 2.78. The van der Waals surface area contributed by atoms with Crippen molar-refractivity contribution in [2.75, 3.05) is 16.4 Å². The highest BCUT2D eigenvalue weighted by molar-refractivity contribution is 5.69. The van der Waals surface area contributed by atoms with Crippen LogP contribution in [0, 0.1) is 10.1 Å². The minimum Gasteiger partial charge on any atom is -0.467 e. The summed E-state index contributed by atoms with van der Waals surface area (Å²) >= 11 is 0. The molecule has 25 heavy (non-hydrogen) atoms. The first-order valence-electron chi connectivity index (χ1n) is 7.49. The number of nitrogen functional groups attached to an aromatic ring is 1. The Morgan fingerprint density at radius 3 is 2.56 bits per heavy atom. The molecule has 4 N–H and O–H groups in total. The van der Waals surface area contributed by atoms with Crippen LogP contribution in [0.25, 0.3) is 0 Å². The third kappa shape index (κ3) is 4.02. The number of benzene rings is 1. The van der Waals surface area contributed by atoms with Gasteiger partial charge in [-0.2, -0.15) is 9.97 Å². The van der Waals surface area contributed by atoms with Crippen molar-refractivity contribution in [1.82, 2.24) is 9.97 Å². The molecule has 2 aromatic heterocycles. The summed E-state index contributed by atoms with van der Waals surface area (Å²) in [5.41, 5.74) is 6.35. The molecule has 0 fully saturated rings. The summed E-state index contributed by atoms with van der Waals surface area (Å²) in [4.78, 5) is 18.8. The second kappa shape index (κ2) is 7.30. The summed E-state index contributed by atoms with van der Waals surface area (Å²) in [6, 6.07) is 13.0. The van der Waals surface area contributed by atoms with Crippen molar-refractivity contribution < 1.29 is 9.34 Å². The number of nitrogens with one attached hydrogen (secondary N) is 2. The SMILES string of the molecule is Nc1nc(NCc2ccco2)nc(NCc2ccccc2)c1[N+](=O)[O-]. The number of aromatic nitrogens is 2. The minimum absolute atomic E-state index is 0.0586. The van der Waals surface area contributed by atoms with Gasteiger partial charge in [0.1, 0.15) is 5.76 Å². The van der Waals surface area contributed by atoms with E-state index in [0.29, 0.717) is 18.8 Å². The van der Waals surface area contributed by atoms with Gasteiger partial charge in [0.05, 0.1) is 17.7 Å². The van der Waals surface area contributed by atoms with Crippen molar-refractivity contribution in [2.45, 2.75) is 13.1 Å². The lowest BCUT2D eigenvalue weighted by Gasteiger charge is -2.10. The zero-order chi connectivity index (χ0) is 17.6. The molecule has 0 aliphatic heterocycles. The Labute approximate surface area is 143 Å². The molecule has 0 aliphatic rings. The van der Waals surface area contributed by atoms with E-state index in [1.54, 1.807) is 18.4 Å². The van der Waals surface area contributed by atoms with Crippen LogP contribution in [-0.2, 0) is 13.1 Å². The molecule has 1 aromatic carbocycles. The number of nitrogens with two attached hydrogens (primary N) is 1. The molecule has 0 bridgehead atoms. The van der Waals surface area contributed by atoms with Crippen molar-refractivity contribution in [3.63, 3.8) is 0 Å². The van der Waals surface area contributed by atoms with Crippen molar-refractivity contribution >= 4 is 23.3 Å². The van der Waals surface area contributed by atoms with Gasteiger partial charge in [0, 0.05) is 6.54 Å². The fourth-order valence-corrected chi connectivity index (χ4v) is 2.22. The summed E-state index contributed by atoms with van der Waals surface area (Å²) in [6.07, 6.45) is 1.55. The van der Waals surface area contributed by atoms with Crippen LogP contribution in [0.3, 0.4) is 0 Å². The van der Waals surface area contributed by atoms with Gasteiger partial charge in [-0.1, -0.05) is 30.3 Å². The molecule has 128 valence electrons. The van der Waals surface area contributed by atoms with Gasteiger partial charge in [0.15, 0.2) is 0 Å². The zero-order valence-electron chi connectivity index (χ0n) is 13.2.